The van der Waals surface area contributed by atoms with Crippen molar-refractivity contribution in [3.8, 4) is 11.1 Å². The average Bonchev–Trinajstić information content (AvgIpc) is 2.96. The van der Waals surface area contributed by atoms with Gasteiger partial charge in [0.15, 0.2) is 0 Å². The maximum Gasteiger partial charge on any atom is 0.0468 e. The van der Waals surface area contributed by atoms with Crippen LogP contribution in [-0.4, -0.2) is 11.8 Å². The highest BCUT2D eigenvalue weighted by Crippen LogP contribution is 2.52. The zero-order chi connectivity index (χ0) is 30.5. The van der Waals surface area contributed by atoms with E-state index in [0.29, 0.717) is 0 Å². The minimum absolute atomic E-state index is 0.0832. The summed E-state index contributed by atoms with van der Waals surface area (Å²) in [7, 11) is 0. The van der Waals surface area contributed by atoms with Gasteiger partial charge in [0.25, 0.3) is 0 Å². The normalized spacial score (nSPS) is 20.8. The molecule has 1 aliphatic rings. The van der Waals surface area contributed by atoms with Crippen molar-refractivity contribution in [2.24, 2.45) is 28.0 Å². The van der Waals surface area contributed by atoms with Crippen molar-refractivity contribution in [3.05, 3.63) is 88.7 Å². The number of unbranched alkanes of at least 4 members (excludes halogenated alkanes) is 1. The molecule has 4 atom stereocenters. The van der Waals surface area contributed by atoms with Crippen LogP contribution in [-0.2, 0) is 12.8 Å². The summed E-state index contributed by atoms with van der Waals surface area (Å²) >= 11 is 0. The minimum Gasteiger partial charge on any atom is -0.401 e. The van der Waals surface area contributed by atoms with Crippen molar-refractivity contribution in [2.45, 2.75) is 113 Å². The van der Waals surface area contributed by atoms with E-state index >= 15 is 0 Å². The second-order valence-corrected chi connectivity index (χ2v) is 12.8. The van der Waals surface area contributed by atoms with Crippen LogP contribution in [0.1, 0.15) is 110 Å². The van der Waals surface area contributed by atoms with Crippen LogP contribution in [0.5, 0.6) is 0 Å². The predicted octanol–water partition coefficient (Wildman–Crippen LogP) is 10.7. The van der Waals surface area contributed by atoms with Gasteiger partial charge in [0.2, 0.25) is 0 Å². The fourth-order valence-corrected chi connectivity index (χ4v) is 6.50. The first-order chi connectivity index (χ1) is 19.4. The van der Waals surface area contributed by atoms with Crippen molar-refractivity contribution in [1.82, 2.24) is 0 Å². The molecule has 2 aromatic carbocycles. The summed E-state index contributed by atoms with van der Waals surface area (Å²) in [5, 5.41) is 0. The summed E-state index contributed by atoms with van der Waals surface area (Å²) in [5.74, 6) is 0.265. The molecule has 2 N–H and O–H groups in total. The molecule has 222 valence electrons. The number of allylic oxidation sites excluding steroid dienone is 4. The fourth-order valence-electron chi connectivity index (χ4n) is 6.50. The number of nitrogens with zero attached hydrogens (tertiary/aromatic N) is 1. The van der Waals surface area contributed by atoms with Crippen molar-refractivity contribution >= 4 is 11.3 Å². The quantitative estimate of drug-likeness (QED) is 0.206. The van der Waals surface area contributed by atoms with Crippen LogP contribution >= 0.6 is 0 Å². The lowest BCUT2D eigenvalue weighted by molar-refractivity contribution is 0.377. The molecule has 41 heavy (non-hydrogen) atoms. The van der Waals surface area contributed by atoms with Crippen molar-refractivity contribution in [3.63, 3.8) is 0 Å². The number of fused-ring (bicyclic) bond motifs is 1. The Balaban J connectivity index is 2.29. The molecule has 4 unspecified atom stereocenters. The molecule has 0 aromatic heterocycles. The second kappa shape index (κ2) is 13.9. The zero-order valence-corrected chi connectivity index (χ0v) is 27.6. The molecular formula is C39H56N2. The molecule has 2 nitrogen and oxygen atoms in total. The van der Waals surface area contributed by atoms with E-state index in [-0.39, 0.29) is 23.3 Å². The maximum absolute atomic E-state index is 7.43. The van der Waals surface area contributed by atoms with E-state index in [2.05, 4.69) is 105 Å². The van der Waals surface area contributed by atoms with Gasteiger partial charge in [-0.3, -0.25) is 4.99 Å². The second-order valence-electron chi connectivity index (χ2n) is 12.8. The van der Waals surface area contributed by atoms with E-state index in [1.54, 1.807) is 0 Å². The van der Waals surface area contributed by atoms with Crippen LogP contribution < -0.4 is 5.73 Å². The highest BCUT2D eigenvalue weighted by Gasteiger charge is 2.40. The Morgan fingerprint density at radius 3 is 2.24 bits per heavy atom. The summed E-state index contributed by atoms with van der Waals surface area (Å²) in [4.78, 5) is 5.33. The van der Waals surface area contributed by atoms with E-state index in [1.165, 1.54) is 44.7 Å². The van der Waals surface area contributed by atoms with Gasteiger partial charge >= 0.3 is 0 Å². The molecule has 2 heteroatoms. The largest absolute Gasteiger partial charge is 0.401 e. The first kappa shape index (κ1) is 32.6. The third-order valence-corrected chi connectivity index (χ3v) is 9.76. The molecule has 0 saturated carbocycles. The van der Waals surface area contributed by atoms with Crippen LogP contribution in [0.15, 0.2) is 71.4 Å². The Labute approximate surface area is 252 Å². The van der Waals surface area contributed by atoms with Gasteiger partial charge in [0.05, 0.1) is 0 Å². The predicted molar refractivity (Wildman–Crippen MR) is 183 cm³/mol. The molecule has 2 aromatic rings. The molecule has 0 radical (unpaired) electrons. The van der Waals surface area contributed by atoms with E-state index in [9.17, 15) is 0 Å². The number of rotatable bonds is 12. The number of nitrogens with two attached hydrogens (primary N) is 1. The van der Waals surface area contributed by atoms with E-state index < -0.39 is 0 Å². The standard InChI is InChI=1S/C39H56N2/c1-12-16-17-33(38(28(9)25(5)6)41-27(8)13-2)37(40)36-29(10)35-26(7)18-23-32(34(35)24-39(36,11)15-4)31-21-19-30(14-3)20-22-31/h18-23,27-28,33H,5,10,12-17,24,40H2,1-4,6-9,11H3/b37-36+,41-38?. The Morgan fingerprint density at radius 1 is 1.05 bits per heavy atom. The Bertz CT molecular complexity index is 1310. The smallest absolute Gasteiger partial charge is 0.0468 e. The Hall–Kier alpha value is -2.87. The Kier molecular flexibility index (Phi) is 11.0. The third-order valence-electron chi connectivity index (χ3n) is 9.76. The van der Waals surface area contributed by atoms with E-state index in [4.69, 9.17) is 17.3 Å². The molecule has 0 aliphatic heterocycles. The summed E-state index contributed by atoms with van der Waals surface area (Å²) in [6.07, 6.45) is 7.26. The molecule has 0 bridgehead atoms. The number of hydrogen-bond acceptors (Lipinski definition) is 2. The molecule has 0 amide bonds. The minimum atomic E-state index is -0.113. The maximum atomic E-state index is 7.43. The van der Waals surface area contributed by atoms with Crippen LogP contribution in [0.3, 0.4) is 0 Å². The van der Waals surface area contributed by atoms with Crippen LogP contribution in [0.4, 0.5) is 0 Å². The van der Waals surface area contributed by atoms with Gasteiger partial charge in [-0.25, -0.2) is 0 Å². The molecule has 3 rings (SSSR count). The lowest BCUT2D eigenvalue weighted by Gasteiger charge is -2.42. The first-order valence-electron chi connectivity index (χ1n) is 16.1. The molecule has 0 saturated heterocycles. The van der Waals surface area contributed by atoms with Crippen LogP contribution in [0.25, 0.3) is 16.7 Å². The monoisotopic (exact) mass is 552 g/mol. The van der Waals surface area contributed by atoms with Crippen LogP contribution in [0.2, 0.25) is 0 Å². The first-order valence-corrected chi connectivity index (χ1v) is 16.1. The zero-order valence-electron chi connectivity index (χ0n) is 27.6. The summed E-state index contributed by atoms with van der Waals surface area (Å²) in [6.45, 7) is 29.4. The lowest BCUT2D eigenvalue weighted by atomic mass is 9.62. The number of aryl methyl sites for hydroxylation is 2. The molecular weight excluding hydrogens is 496 g/mol. The fraction of sp³-hybridized carbons (Fsp3) is 0.513. The van der Waals surface area contributed by atoms with Gasteiger partial charge in [-0.15, -0.1) is 0 Å². The summed E-state index contributed by atoms with van der Waals surface area (Å²) in [5.41, 5.74) is 20.9. The number of aliphatic imine (C=N–C) groups is 1. The van der Waals surface area contributed by atoms with Gasteiger partial charge in [-0.05, 0) is 103 Å². The van der Waals surface area contributed by atoms with Gasteiger partial charge < -0.3 is 5.73 Å². The van der Waals surface area contributed by atoms with Gasteiger partial charge in [0, 0.05) is 29.3 Å². The van der Waals surface area contributed by atoms with Crippen LogP contribution in [0, 0.1) is 24.2 Å². The SMILES string of the molecule is C=C1/C(=C(\N)C(CCCC)C(=NC(C)CC)C(C)C(=C)C)C(C)(CC)Cc2c(-c3ccc(CC)cc3)ccc(C)c21. The highest BCUT2D eigenvalue weighted by atomic mass is 14.8. The molecule has 0 heterocycles. The third kappa shape index (κ3) is 6.79. The van der Waals surface area contributed by atoms with Crippen molar-refractivity contribution in [2.75, 3.05) is 0 Å². The van der Waals surface area contributed by atoms with Crippen molar-refractivity contribution < 1.29 is 0 Å². The summed E-state index contributed by atoms with van der Waals surface area (Å²) < 4.78 is 0. The number of benzene rings is 2. The number of hydrogen-bond donors (Lipinski definition) is 1. The van der Waals surface area contributed by atoms with E-state index in [1.807, 2.05) is 0 Å². The van der Waals surface area contributed by atoms with E-state index in [0.717, 1.165) is 61.8 Å². The summed E-state index contributed by atoms with van der Waals surface area (Å²) in [6, 6.07) is 13.9. The Morgan fingerprint density at radius 2 is 1.71 bits per heavy atom. The molecule has 0 fully saturated rings. The highest BCUT2D eigenvalue weighted by molar-refractivity contribution is 5.95. The lowest BCUT2D eigenvalue weighted by Crippen LogP contribution is -2.36. The van der Waals surface area contributed by atoms with Gasteiger partial charge in [-0.1, -0.05) is 110 Å². The average molecular weight is 553 g/mol. The molecule has 1 aliphatic carbocycles. The molecule has 0 spiro atoms. The van der Waals surface area contributed by atoms with Gasteiger partial charge in [-0.2, -0.15) is 0 Å². The topological polar surface area (TPSA) is 38.4 Å². The van der Waals surface area contributed by atoms with Crippen molar-refractivity contribution in [1.29, 1.82) is 0 Å². The van der Waals surface area contributed by atoms with Gasteiger partial charge in [0.1, 0.15) is 0 Å².